The van der Waals surface area contributed by atoms with E-state index >= 15 is 0 Å². The molecule has 0 amide bonds. The molecule has 0 saturated carbocycles. The molecule has 0 spiro atoms. The summed E-state index contributed by atoms with van der Waals surface area (Å²) in [6.07, 6.45) is 5.35. The zero-order valence-electron chi connectivity index (χ0n) is 10.6. The number of fused-ring (bicyclic) bond motifs is 1. The van der Waals surface area contributed by atoms with Gasteiger partial charge in [-0.25, -0.2) is 4.68 Å². The van der Waals surface area contributed by atoms with Crippen molar-refractivity contribution in [3.63, 3.8) is 0 Å². The molecule has 6 heteroatoms. The Morgan fingerprint density at radius 3 is 2.95 bits per heavy atom. The molecule has 1 N–H and O–H groups in total. The van der Waals surface area contributed by atoms with Crippen LogP contribution in [0.15, 0.2) is 0 Å². The largest absolute Gasteiger partial charge is 0.481 e. The number of carbonyl (C=O) groups is 1. The van der Waals surface area contributed by atoms with E-state index in [1.165, 1.54) is 5.56 Å². The Hall–Kier alpha value is -0.630. The average molecular weight is 376 g/mol. The van der Waals surface area contributed by atoms with Crippen molar-refractivity contribution in [2.75, 3.05) is 6.61 Å². The number of carboxylic acid groups (broad SMARTS) is 1. The van der Waals surface area contributed by atoms with Crippen LogP contribution in [0, 0.1) is 9.62 Å². The molecule has 2 unspecified atom stereocenters. The van der Waals surface area contributed by atoms with Gasteiger partial charge in [-0.2, -0.15) is 5.10 Å². The Bertz CT molecular complexity index is 494. The van der Waals surface area contributed by atoms with Crippen molar-refractivity contribution in [2.45, 2.75) is 44.8 Å². The van der Waals surface area contributed by atoms with Crippen molar-refractivity contribution >= 4 is 28.6 Å². The summed E-state index contributed by atoms with van der Waals surface area (Å²) in [4.78, 5) is 11.2. The predicted molar refractivity (Wildman–Crippen MR) is 76.9 cm³/mol. The number of ether oxygens (including phenoxy) is 1. The summed E-state index contributed by atoms with van der Waals surface area (Å²) < 4.78 is 8.74. The maximum absolute atomic E-state index is 11.2. The van der Waals surface area contributed by atoms with E-state index in [9.17, 15) is 9.90 Å². The summed E-state index contributed by atoms with van der Waals surface area (Å²) >= 11 is 2.25. The van der Waals surface area contributed by atoms with Gasteiger partial charge in [0.25, 0.3) is 0 Å². The lowest BCUT2D eigenvalue weighted by Crippen LogP contribution is -2.27. The van der Waals surface area contributed by atoms with E-state index in [0.29, 0.717) is 6.42 Å². The molecule has 0 aromatic carbocycles. The third-order valence-corrected chi connectivity index (χ3v) is 4.90. The van der Waals surface area contributed by atoms with Crippen molar-refractivity contribution < 1.29 is 14.6 Å². The topological polar surface area (TPSA) is 64.3 Å². The Balaban J connectivity index is 1.91. The van der Waals surface area contributed by atoms with Crippen LogP contribution in [0.3, 0.4) is 0 Å². The minimum atomic E-state index is -0.696. The van der Waals surface area contributed by atoms with Gasteiger partial charge in [0.05, 0.1) is 5.92 Å². The monoisotopic (exact) mass is 376 g/mol. The molecule has 0 radical (unpaired) electrons. The van der Waals surface area contributed by atoms with E-state index in [1.807, 2.05) is 4.68 Å². The van der Waals surface area contributed by atoms with Gasteiger partial charge in [-0.15, -0.1) is 0 Å². The molecule has 2 atom stereocenters. The first-order valence-electron chi connectivity index (χ1n) is 6.77. The van der Waals surface area contributed by atoms with Crippen LogP contribution in [-0.4, -0.2) is 27.5 Å². The number of nitrogens with zero attached hydrogens (tertiary/aromatic N) is 2. The molecule has 2 heterocycles. The van der Waals surface area contributed by atoms with Gasteiger partial charge in [-0.1, -0.05) is 0 Å². The van der Waals surface area contributed by atoms with Crippen molar-refractivity contribution in [3.05, 3.63) is 15.0 Å². The fraction of sp³-hybridized carbons (Fsp3) is 0.692. The van der Waals surface area contributed by atoms with Crippen LogP contribution in [0.4, 0.5) is 0 Å². The summed E-state index contributed by atoms with van der Waals surface area (Å²) in [6, 6.07) is 0. The smallest absolute Gasteiger partial charge is 0.306 e. The van der Waals surface area contributed by atoms with Gasteiger partial charge in [-0.3, -0.25) is 4.79 Å². The summed E-state index contributed by atoms with van der Waals surface area (Å²) in [7, 11) is 0. The minimum Gasteiger partial charge on any atom is -0.481 e. The maximum atomic E-state index is 11.2. The summed E-state index contributed by atoms with van der Waals surface area (Å²) in [6.45, 7) is 0.776. The molecule has 1 saturated heterocycles. The average Bonchev–Trinajstić information content (AvgIpc) is 2.77. The molecule has 1 fully saturated rings. The molecule has 5 nitrogen and oxygen atoms in total. The van der Waals surface area contributed by atoms with Crippen molar-refractivity contribution in [2.24, 2.45) is 5.92 Å². The highest BCUT2D eigenvalue weighted by atomic mass is 127. The van der Waals surface area contributed by atoms with E-state index in [4.69, 9.17) is 4.74 Å². The zero-order chi connectivity index (χ0) is 13.4. The Labute approximate surface area is 125 Å². The molecule has 19 heavy (non-hydrogen) atoms. The first-order valence-corrected chi connectivity index (χ1v) is 7.85. The minimum absolute atomic E-state index is 0.00133. The lowest BCUT2D eigenvalue weighted by molar-refractivity contribution is -0.142. The maximum Gasteiger partial charge on any atom is 0.306 e. The normalized spacial score (nSPS) is 27.0. The Morgan fingerprint density at radius 1 is 1.42 bits per heavy atom. The molecule has 1 aromatic rings. The van der Waals surface area contributed by atoms with Crippen LogP contribution in [0.2, 0.25) is 0 Å². The molecular formula is C13H17IN2O3. The second-order valence-electron chi connectivity index (χ2n) is 5.26. The molecule has 2 aliphatic rings. The second kappa shape index (κ2) is 5.40. The molecule has 104 valence electrons. The molecule has 0 bridgehead atoms. The predicted octanol–water partition coefficient (Wildman–Crippen LogP) is 2.38. The number of carboxylic acids is 1. The van der Waals surface area contributed by atoms with Crippen LogP contribution < -0.4 is 0 Å². The Morgan fingerprint density at radius 2 is 2.26 bits per heavy atom. The van der Waals surface area contributed by atoms with E-state index in [-0.39, 0.29) is 12.1 Å². The number of rotatable bonds is 2. The van der Waals surface area contributed by atoms with Crippen LogP contribution >= 0.6 is 22.6 Å². The van der Waals surface area contributed by atoms with Crippen molar-refractivity contribution in [1.82, 2.24) is 9.78 Å². The van der Waals surface area contributed by atoms with Gasteiger partial charge in [0.2, 0.25) is 0 Å². The fourth-order valence-corrected chi connectivity index (χ4v) is 3.77. The third-order valence-electron chi connectivity index (χ3n) is 4.03. The Kier molecular flexibility index (Phi) is 3.79. The van der Waals surface area contributed by atoms with Crippen molar-refractivity contribution in [3.8, 4) is 0 Å². The number of hydrogen-bond acceptors (Lipinski definition) is 3. The first-order chi connectivity index (χ1) is 9.16. The fourth-order valence-electron chi connectivity index (χ4n) is 2.96. The first kappa shape index (κ1) is 13.4. The highest BCUT2D eigenvalue weighted by Gasteiger charge is 2.31. The van der Waals surface area contributed by atoms with E-state index in [0.717, 1.165) is 48.1 Å². The quantitative estimate of drug-likeness (QED) is 0.806. The van der Waals surface area contributed by atoms with Crippen LogP contribution in [0.1, 0.15) is 43.2 Å². The lowest BCUT2D eigenvalue weighted by atomic mass is 9.88. The zero-order valence-corrected chi connectivity index (χ0v) is 12.8. The lowest BCUT2D eigenvalue weighted by Gasteiger charge is -2.27. The van der Waals surface area contributed by atoms with E-state index in [2.05, 4.69) is 27.7 Å². The third kappa shape index (κ3) is 2.52. The molecule has 3 rings (SSSR count). The van der Waals surface area contributed by atoms with Crippen LogP contribution in [0.5, 0.6) is 0 Å². The SMILES string of the molecule is O=C(O)C1CCc2c(I)nn(C3CCCCO3)c2C1. The molecule has 1 aromatic heterocycles. The number of hydrogen-bond donors (Lipinski definition) is 1. The number of aromatic nitrogens is 2. The molecule has 1 aliphatic carbocycles. The van der Waals surface area contributed by atoms with Gasteiger partial charge in [0.15, 0.2) is 6.23 Å². The molecule has 1 aliphatic heterocycles. The summed E-state index contributed by atoms with van der Waals surface area (Å²) in [5, 5.41) is 13.8. The highest BCUT2D eigenvalue weighted by Crippen LogP contribution is 2.33. The summed E-state index contributed by atoms with van der Waals surface area (Å²) in [5.41, 5.74) is 2.31. The van der Waals surface area contributed by atoms with E-state index in [1.54, 1.807) is 0 Å². The van der Waals surface area contributed by atoms with Gasteiger partial charge in [-0.05, 0) is 54.7 Å². The number of aliphatic carboxylic acids is 1. The highest BCUT2D eigenvalue weighted by molar-refractivity contribution is 14.1. The van der Waals surface area contributed by atoms with E-state index < -0.39 is 5.97 Å². The summed E-state index contributed by atoms with van der Waals surface area (Å²) in [5.74, 6) is -0.972. The van der Waals surface area contributed by atoms with Gasteiger partial charge in [0.1, 0.15) is 3.70 Å². The molecular weight excluding hydrogens is 359 g/mol. The second-order valence-corrected chi connectivity index (χ2v) is 6.28. The van der Waals surface area contributed by atoms with Crippen LogP contribution in [-0.2, 0) is 22.4 Å². The van der Waals surface area contributed by atoms with Gasteiger partial charge < -0.3 is 9.84 Å². The van der Waals surface area contributed by atoms with Gasteiger partial charge >= 0.3 is 5.97 Å². The van der Waals surface area contributed by atoms with Crippen LogP contribution in [0.25, 0.3) is 0 Å². The van der Waals surface area contributed by atoms with Crippen molar-refractivity contribution in [1.29, 1.82) is 0 Å². The number of halogens is 1. The van der Waals surface area contributed by atoms with Gasteiger partial charge in [0, 0.05) is 24.3 Å². The standard InChI is InChI=1S/C13H17IN2O3/c14-12-9-5-4-8(13(17)18)7-10(9)16(15-12)11-3-1-2-6-19-11/h8,11H,1-7H2,(H,17,18).